The second-order valence-electron chi connectivity index (χ2n) is 4.75. The summed E-state index contributed by atoms with van der Waals surface area (Å²) in [6.07, 6.45) is 7.44. The number of thiophene rings is 1. The van der Waals surface area contributed by atoms with Gasteiger partial charge in [-0.2, -0.15) is 5.10 Å². The van der Waals surface area contributed by atoms with Gasteiger partial charge in [0, 0.05) is 12.4 Å². The molecule has 0 amide bonds. The maximum absolute atomic E-state index is 4.58. The van der Waals surface area contributed by atoms with Gasteiger partial charge >= 0.3 is 0 Å². The molecule has 0 bridgehead atoms. The molecule has 0 atom stereocenters. The number of aryl methyl sites for hydroxylation is 1. The number of rotatable bonds is 5. The Bertz CT molecular complexity index is 654. The molecule has 0 saturated carbocycles. The lowest BCUT2D eigenvalue weighted by Crippen LogP contribution is -1.98. The minimum absolute atomic E-state index is 0.869. The third kappa shape index (κ3) is 4.04. The smallest absolute Gasteiger partial charge is 0.153 e. The molecule has 116 valence electrons. The van der Waals surface area contributed by atoms with Crippen molar-refractivity contribution >= 4 is 11.3 Å². The number of hydrogen-bond donors (Lipinski definition) is 0. The summed E-state index contributed by atoms with van der Waals surface area (Å²) in [6.45, 7) is 6.21. The van der Waals surface area contributed by atoms with Crippen LogP contribution in [0.2, 0.25) is 0 Å². The first kappa shape index (κ1) is 16.4. The Balaban J connectivity index is 0.000000847. The van der Waals surface area contributed by atoms with Crippen molar-refractivity contribution in [2.75, 3.05) is 0 Å². The van der Waals surface area contributed by atoms with E-state index < -0.39 is 0 Å². The third-order valence-corrected chi connectivity index (χ3v) is 4.12. The van der Waals surface area contributed by atoms with Gasteiger partial charge < -0.3 is 0 Å². The van der Waals surface area contributed by atoms with Crippen LogP contribution in [0.1, 0.15) is 39.2 Å². The summed E-state index contributed by atoms with van der Waals surface area (Å²) in [5.74, 6) is 0.869. The minimum Gasteiger partial charge on any atom is -0.237 e. The van der Waals surface area contributed by atoms with Crippen LogP contribution >= 0.6 is 11.3 Å². The average molecular weight is 313 g/mol. The van der Waals surface area contributed by atoms with Crippen LogP contribution in [0.5, 0.6) is 0 Å². The van der Waals surface area contributed by atoms with Crippen LogP contribution in [-0.4, -0.2) is 14.8 Å². The number of unbranched alkanes of at least 4 members (excludes halogenated alkanes) is 1. The molecule has 0 saturated heterocycles. The van der Waals surface area contributed by atoms with E-state index in [-0.39, 0.29) is 0 Å². The standard InChI is InChI=1S/C16H17N3S.C2H6/c1-2-3-5-13-7-8-16(17-12-13)19-10-9-14(18-19)15-6-4-11-20-15;1-2/h4,6-12H,2-3,5H2,1H3;1-2H3. The lowest BCUT2D eigenvalue weighted by atomic mass is 10.1. The molecule has 0 aromatic carbocycles. The molecule has 0 aliphatic rings. The Hall–Kier alpha value is -1.94. The molecule has 3 rings (SSSR count). The molecular weight excluding hydrogens is 290 g/mol. The zero-order valence-corrected chi connectivity index (χ0v) is 14.3. The second-order valence-corrected chi connectivity index (χ2v) is 5.70. The molecule has 0 unspecified atom stereocenters. The van der Waals surface area contributed by atoms with Crippen LogP contribution in [0.25, 0.3) is 16.4 Å². The largest absolute Gasteiger partial charge is 0.237 e. The van der Waals surface area contributed by atoms with Gasteiger partial charge in [-0.1, -0.05) is 39.3 Å². The fraction of sp³-hybridized carbons (Fsp3) is 0.333. The van der Waals surface area contributed by atoms with Gasteiger partial charge in [-0.3, -0.25) is 0 Å². The first-order valence-corrected chi connectivity index (χ1v) is 8.79. The molecular formula is C18H23N3S. The van der Waals surface area contributed by atoms with Crippen LogP contribution < -0.4 is 0 Å². The van der Waals surface area contributed by atoms with Gasteiger partial charge in [-0.25, -0.2) is 9.67 Å². The maximum Gasteiger partial charge on any atom is 0.153 e. The van der Waals surface area contributed by atoms with E-state index in [0.29, 0.717) is 0 Å². The van der Waals surface area contributed by atoms with Crippen LogP contribution in [0.3, 0.4) is 0 Å². The van der Waals surface area contributed by atoms with E-state index in [2.05, 4.69) is 34.5 Å². The van der Waals surface area contributed by atoms with E-state index in [1.54, 1.807) is 11.3 Å². The molecule has 0 aliphatic carbocycles. The van der Waals surface area contributed by atoms with E-state index in [1.807, 2.05) is 49.1 Å². The number of aromatic nitrogens is 3. The summed E-state index contributed by atoms with van der Waals surface area (Å²) in [4.78, 5) is 5.68. The molecule has 0 radical (unpaired) electrons. The topological polar surface area (TPSA) is 30.7 Å². The zero-order valence-electron chi connectivity index (χ0n) is 13.5. The Morgan fingerprint density at radius 2 is 2.00 bits per heavy atom. The highest BCUT2D eigenvalue weighted by atomic mass is 32.1. The molecule has 3 heterocycles. The van der Waals surface area contributed by atoms with E-state index in [1.165, 1.54) is 23.3 Å². The molecule has 4 heteroatoms. The fourth-order valence-electron chi connectivity index (χ4n) is 2.09. The quantitative estimate of drug-likeness (QED) is 0.634. The Labute approximate surface area is 136 Å². The van der Waals surface area contributed by atoms with E-state index in [9.17, 15) is 0 Å². The monoisotopic (exact) mass is 313 g/mol. The SMILES string of the molecule is CC.CCCCc1ccc(-n2ccc(-c3cccs3)n2)nc1. The minimum atomic E-state index is 0.869. The summed E-state index contributed by atoms with van der Waals surface area (Å²) in [7, 11) is 0. The van der Waals surface area contributed by atoms with Crippen molar-refractivity contribution in [1.29, 1.82) is 0 Å². The highest BCUT2D eigenvalue weighted by Gasteiger charge is 2.05. The van der Waals surface area contributed by atoms with Crippen LogP contribution in [0.15, 0.2) is 48.1 Å². The lowest BCUT2D eigenvalue weighted by molar-refractivity contribution is 0.787. The normalized spacial score (nSPS) is 10.1. The van der Waals surface area contributed by atoms with Crippen LogP contribution in [0, 0.1) is 0 Å². The van der Waals surface area contributed by atoms with Crippen molar-refractivity contribution in [2.24, 2.45) is 0 Å². The van der Waals surface area contributed by atoms with Gasteiger partial charge in [-0.05, 0) is 42.0 Å². The summed E-state index contributed by atoms with van der Waals surface area (Å²) < 4.78 is 1.83. The molecule has 0 fully saturated rings. The molecule has 0 N–H and O–H groups in total. The van der Waals surface area contributed by atoms with Crippen LogP contribution in [0.4, 0.5) is 0 Å². The summed E-state index contributed by atoms with van der Waals surface area (Å²) in [5, 5.41) is 6.64. The Kier molecular flexibility index (Phi) is 6.34. The maximum atomic E-state index is 4.58. The van der Waals surface area contributed by atoms with E-state index in [0.717, 1.165) is 17.9 Å². The van der Waals surface area contributed by atoms with E-state index in [4.69, 9.17) is 0 Å². The average Bonchev–Trinajstić information content (AvgIpc) is 3.26. The van der Waals surface area contributed by atoms with Crippen molar-refractivity contribution in [1.82, 2.24) is 14.8 Å². The first-order valence-electron chi connectivity index (χ1n) is 7.91. The third-order valence-electron chi connectivity index (χ3n) is 3.23. The van der Waals surface area contributed by atoms with E-state index >= 15 is 0 Å². The molecule has 3 aromatic rings. The Morgan fingerprint density at radius 1 is 1.14 bits per heavy atom. The summed E-state index contributed by atoms with van der Waals surface area (Å²) >= 11 is 1.70. The highest BCUT2D eigenvalue weighted by Crippen LogP contribution is 2.23. The summed E-state index contributed by atoms with van der Waals surface area (Å²) in [5.41, 5.74) is 2.29. The van der Waals surface area contributed by atoms with Crippen LogP contribution in [-0.2, 0) is 6.42 Å². The zero-order chi connectivity index (χ0) is 15.8. The summed E-state index contributed by atoms with van der Waals surface area (Å²) in [6, 6.07) is 10.3. The molecule has 0 aliphatic heterocycles. The molecule has 3 aromatic heterocycles. The fourth-order valence-corrected chi connectivity index (χ4v) is 2.78. The van der Waals surface area contributed by atoms with Crippen molar-refractivity contribution in [3.8, 4) is 16.4 Å². The predicted molar refractivity (Wildman–Crippen MR) is 94.6 cm³/mol. The van der Waals surface area contributed by atoms with Gasteiger partial charge in [0.15, 0.2) is 5.82 Å². The lowest BCUT2D eigenvalue weighted by Gasteiger charge is -2.02. The van der Waals surface area contributed by atoms with Crippen molar-refractivity contribution in [3.63, 3.8) is 0 Å². The molecule has 0 spiro atoms. The molecule has 3 nitrogen and oxygen atoms in total. The van der Waals surface area contributed by atoms with Gasteiger partial charge in [0.25, 0.3) is 0 Å². The predicted octanol–water partition coefficient (Wildman–Crippen LogP) is 5.36. The van der Waals surface area contributed by atoms with Gasteiger partial charge in [0.1, 0.15) is 5.69 Å². The molecule has 22 heavy (non-hydrogen) atoms. The number of hydrogen-bond acceptors (Lipinski definition) is 3. The number of pyridine rings is 1. The van der Waals surface area contributed by atoms with Gasteiger partial charge in [0.05, 0.1) is 4.88 Å². The van der Waals surface area contributed by atoms with Crippen molar-refractivity contribution in [2.45, 2.75) is 40.0 Å². The number of nitrogens with zero attached hydrogens (tertiary/aromatic N) is 3. The van der Waals surface area contributed by atoms with Gasteiger partial charge in [0.2, 0.25) is 0 Å². The van der Waals surface area contributed by atoms with Crippen molar-refractivity contribution < 1.29 is 0 Å². The highest BCUT2D eigenvalue weighted by molar-refractivity contribution is 7.13. The first-order chi connectivity index (χ1) is 10.9. The second kappa shape index (κ2) is 8.49. The Morgan fingerprint density at radius 3 is 2.64 bits per heavy atom. The van der Waals surface area contributed by atoms with Crippen molar-refractivity contribution in [3.05, 3.63) is 53.7 Å². The van der Waals surface area contributed by atoms with Gasteiger partial charge in [-0.15, -0.1) is 11.3 Å².